The minimum absolute atomic E-state index is 0.0545. The molecule has 0 aromatic heterocycles. The Hall–Kier alpha value is -3.86. The van der Waals surface area contributed by atoms with Crippen molar-refractivity contribution in [2.75, 3.05) is 13.2 Å². The molecule has 41 heavy (non-hydrogen) atoms. The third kappa shape index (κ3) is 7.08. The number of halogens is 6. The van der Waals surface area contributed by atoms with E-state index in [1.165, 1.54) is 11.8 Å². The van der Waals surface area contributed by atoms with E-state index in [0.29, 0.717) is 23.3 Å². The summed E-state index contributed by atoms with van der Waals surface area (Å²) < 4.78 is 92.1. The smallest absolute Gasteiger partial charge is 0.416 e. The fourth-order valence-electron chi connectivity index (χ4n) is 4.78. The number of hydrogen-bond donors (Lipinski definition) is 0. The first-order chi connectivity index (χ1) is 19.3. The maximum absolute atomic E-state index is 13.4. The van der Waals surface area contributed by atoms with E-state index in [-0.39, 0.29) is 50.0 Å². The lowest BCUT2D eigenvalue weighted by Gasteiger charge is -2.46. The van der Waals surface area contributed by atoms with Gasteiger partial charge in [0.05, 0.1) is 35.9 Å². The van der Waals surface area contributed by atoms with Gasteiger partial charge in [-0.25, -0.2) is 4.79 Å². The first-order valence-electron chi connectivity index (χ1n) is 12.8. The number of likely N-dealkylation sites (tertiary alicyclic amines) is 1. The Kier molecular flexibility index (Phi) is 8.77. The number of nitrogens with zero attached hydrogens (tertiary/aromatic N) is 1. The zero-order valence-corrected chi connectivity index (χ0v) is 22.0. The Bertz CT molecular complexity index is 1330. The predicted molar refractivity (Wildman–Crippen MR) is 137 cm³/mol. The summed E-state index contributed by atoms with van der Waals surface area (Å²) in [6, 6.07) is 18.8. The molecule has 2 atom stereocenters. The van der Waals surface area contributed by atoms with Gasteiger partial charge in [0, 0.05) is 6.42 Å². The Morgan fingerprint density at radius 3 is 2.02 bits per heavy atom. The van der Waals surface area contributed by atoms with Crippen molar-refractivity contribution in [1.82, 2.24) is 4.90 Å². The molecule has 1 amide bonds. The molecule has 3 aromatic carbocycles. The van der Waals surface area contributed by atoms with E-state index in [2.05, 4.69) is 0 Å². The molecule has 0 bridgehead atoms. The monoisotopic (exact) mass is 579 g/mol. The van der Waals surface area contributed by atoms with Gasteiger partial charge >= 0.3 is 18.4 Å². The van der Waals surface area contributed by atoms with Crippen LogP contribution >= 0.6 is 0 Å². The van der Waals surface area contributed by atoms with E-state index < -0.39 is 41.2 Å². The molecule has 1 aliphatic heterocycles. The summed E-state index contributed by atoms with van der Waals surface area (Å²) in [4.78, 5) is 27.1. The van der Waals surface area contributed by atoms with E-state index in [0.717, 1.165) is 0 Å². The molecule has 0 N–H and O–H groups in total. The molecule has 5 nitrogen and oxygen atoms in total. The van der Waals surface area contributed by atoms with Crippen molar-refractivity contribution in [2.24, 2.45) is 0 Å². The van der Waals surface area contributed by atoms with Gasteiger partial charge in [-0.2, -0.15) is 26.3 Å². The maximum Gasteiger partial charge on any atom is 0.416 e. The van der Waals surface area contributed by atoms with Crippen LogP contribution in [0.4, 0.5) is 31.1 Å². The van der Waals surface area contributed by atoms with Gasteiger partial charge in [-0.15, -0.1) is 0 Å². The van der Waals surface area contributed by atoms with Crippen molar-refractivity contribution < 1.29 is 45.4 Å². The van der Waals surface area contributed by atoms with Crippen molar-refractivity contribution in [1.29, 1.82) is 0 Å². The van der Waals surface area contributed by atoms with Crippen LogP contribution in [0.5, 0.6) is 0 Å². The summed E-state index contributed by atoms with van der Waals surface area (Å²) in [5.41, 5.74) is -3.22. The SMILES string of the molecule is C[C@@H](OC[C@@]1(c2ccccc2)CCC(=O)CN1C(=O)OCc1ccccc1)c1cc(C(F)(F)F)cc(C(F)(F)F)c1. The normalized spacial score (nSPS) is 18.7. The van der Waals surface area contributed by atoms with E-state index in [1.807, 2.05) is 0 Å². The number of benzene rings is 3. The molecule has 3 aromatic rings. The van der Waals surface area contributed by atoms with Crippen LogP contribution in [-0.2, 0) is 38.8 Å². The molecule has 0 unspecified atom stereocenters. The standard InChI is InChI=1S/C30H27F6NO4/c1-20(22-14-24(29(31,32)33)16-25(15-22)30(34,35)36)41-19-28(23-10-6-3-7-11-23)13-12-26(38)17-37(28)27(39)40-18-21-8-4-2-5-9-21/h2-11,14-16,20H,12-13,17-19H2,1H3/t20-,28-/m1/s1. The zero-order chi connectivity index (χ0) is 29.8. The molecular weight excluding hydrogens is 552 g/mol. The van der Waals surface area contributed by atoms with E-state index in [9.17, 15) is 35.9 Å². The van der Waals surface area contributed by atoms with Gasteiger partial charge in [-0.3, -0.25) is 9.69 Å². The number of amides is 1. The van der Waals surface area contributed by atoms with Gasteiger partial charge in [-0.1, -0.05) is 60.7 Å². The van der Waals surface area contributed by atoms with Crippen LogP contribution in [0, 0.1) is 0 Å². The summed E-state index contributed by atoms with van der Waals surface area (Å²) in [7, 11) is 0. The second kappa shape index (κ2) is 11.9. The van der Waals surface area contributed by atoms with E-state index in [1.54, 1.807) is 60.7 Å². The minimum atomic E-state index is -5.01. The summed E-state index contributed by atoms with van der Waals surface area (Å²) in [5, 5.41) is 0. The van der Waals surface area contributed by atoms with Crippen LogP contribution in [-0.4, -0.2) is 29.9 Å². The molecule has 218 valence electrons. The molecule has 0 spiro atoms. The van der Waals surface area contributed by atoms with Crippen LogP contribution in [0.1, 0.15) is 53.7 Å². The number of Topliss-reactive ketones (excluding diaryl/α,β-unsaturated/α-hetero) is 1. The maximum atomic E-state index is 13.4. The van der Waals surface area contributed by atoms with Crippen molar-refractivity contribution in [2.45, 2.75) is 50.4 Å². The van der Waals surface area contributed by atoms with Crippen LogP contribution in [0.25, 0.3) is 0 Å². The number of ketones is 1. The van der Waals surface area contributed by atoms with E-state index >= 15 is 0 Å². The second-order valence-corrected chi connectivity index (χ2v) is 9.86. The second-order valence-electron chi connectivity index (χ2n) is 9.86. The molecule has 4 rings (SSSR count). The molecule has 11 heteroatoms. The van der Waals surface area contributed by atoms with Crippen LogP contribution < -0.4 is 0 Å². The lowest BCUT2D eigenvalue weighted by atomic mass is 9.80. The van der Waals surface area contributed by atoms with Crippen LogP contribution in [0.2, 0.25) is 0 Å². The van der Waals surface area contributed by atoms with Crippen molar-refractivity contribution in [3.05, 3.63) is 107 Å². The first kappa shape index (κ1) is 30.1. The lowest BCUT2D eigenvalue weighted by Crippen LogP contribution is -2.57. The topological polar surface area (TPSA) is 55.8 Å². The van der Waals surface area contributed by atoms with Gasteiger partial charge in [0.25, 0.3) is 0 Å². The number of alkyl halides is 6. The van der Waals surface area contributed by atoms with Gasteiger partial charge in [0.2, 0.25) is 0 Å². The highest BCUT2D eigenvalue weighted by Crippen LogP contribution is 2.41. The lowest BCUT2D eigenvalue weighted by molar-refractivity contribution is -0.143. The molecule has 0 saturated carbocycles. The summed E-state index contributed by atoms with van der Waals surface area (Å²) in [6.07, 6.45) is -11.9. The number of carbonyl (C=O) groups excluding carboxylic acids is 2. The fourth-order valence-corrected chi connectivity index (χ4v) is 4.78. The first-order valence-corrected chi connectivity index (χ1v) is 12.8. The van der Waals surface area contributed by atoms with Gasteiger partial charge in [-0.05, 0) is 48.2 Å². The molecule has 1 fully saturated rings. The molecule has 1 aliphatic rings. The highest BCUT2D eigenvalue weighted by Gasteiger charge is 2.47. The van der Waals surface area contributed by atoms with Crippen LogP contribution in [0.3, 0.4) is 0 Å². The molecule has 0 radical (unpaired) electrons. The van der Waals surface area contributed by atoms with E-state index in [4.69, 9.17) is 9.47 Å². The van der Waals surface area contributed by atoms with Crippen molar-refractivity contribution >= 4 is 11.9 Å². The van der Waals surface area contributed by atoms with Gasteiger partial charge in [0.15, 0.2) is 5.78 Å². The minimum Gasteiger partial charge on any atom is -0.445 e. The van der Waals surface area contributed by atoms with Gasteiger partial charge in [0.1, 0.15) is 6.61 Å². The Morgan fingerprint density at radius 2 is 1.46 bits per heavy atom. The molecule has 1 saturated heterocycles. The predicted octanol–water partition coefficient (Wildman–Crippen LogP) is 7.70. The average Bonchev–Trinajstić information content (AvgIpc) is 2.95. The average molecular weight is 580 g/mol. The fraction of sp³-hybridized carbons (Fsp3) is 0.333. The van der Waals surface area contributed by atoms with Crippen LogP contribution in [0.15, 0.2) is 78.9 Å². The molecular formula is C30H27F6NO4. The number of ether oxygens (including phenoxy) is 2. The largest absolute Gasteiger partial charge is 0.445 e. The highest BCUT2D eigenvalue weighted by atomic mass is 19.4. The Balaban J connectivity index is 1.66. The molecule has 1 heterocycles. The number of hydrogen-bond acceptors (Lipinski definition) is 4. The summed E-state index contributed by atoms with van der Waals surface area (Å²) in [5.74, 6) is -0.228. The Labute approximate surface area is 232 Å². The third-order valence-corrected chi connectivity index (χ3v) is 7.06. The quantitative estimate of drug-likeness (QED) is 0.269. The zero-order valence-electron chi connectivity index (χ0n) is 22.0. The summed E-state index contributed by atoms with van der Waals surface area (Å²) in [6.45, 7) is 0.642. The number of piperidine rings is 1. The molecule has 0 aliphatic carbocycles. The Morgan fingerprint density at radius 1 is 0.902 bits per heavy atom. The third-order valence-electron chi connectivity index (χ3n) is 7.06. The number of carbonyl (C=O) groups is 2. The highest BCUT2D eigenvalue weighted by molar-refractivity contribution is 5.86. The summed E-state index contributed by atoms with van der Waals surface area (Å²) >= 11 is 0. The number of rotatable bonds is 7. The van der Waals surface area contributed by atoms with Crippen molar-refractivity contribution in [3.8, 4) is 0 Å². The van der Waals surface area contributed by atoms with Crippen molar-refractivity contribution in [3.63, 3.8) is 0 Å². The van der Waals surface area contributed by atoms with Gasteiger partial charge < -0.3 is 9.47 Å².